The SMILES string of the molecule is CCC1CN(CCNC2CCCC2)CCCO1. The largest absolute Gasteiger partial charge is 0.377 e. The standard InChI is InChI=1S/C14H28N2O/c1-2-14-12-16(9-5-11-17-14)10-8-15-13-6-3-4-7-13/h13-15H,2-12H2,1H3. The van der Waals surface area contributed by atoms with Crippen LogP contribution in [0.5, 0.6) is 0 Å². The highest BCUT2D eigenvalue weighted by Crippen LogP contribution is 2.17. The predicted octanol–water partition coefficient (Wildman–Crippen LogP) is 2.02. The second-order valence-corrected chi connectivity index (χ2v) is 5.49. The highest BCUT2D eigenvalue weighted by Gasteiger charge is 2.18. The topological polar surface area (TPSA) is 24.5 Å². The van der Waals surface area contributed by atoms with Crippen LogP contribution in [0, 0.1) is 0 Å². The van der Waals surface area contributed by atoms with Crippen molar-refractivity contribution in [3.8, 4) is 0 Å². The van der Waals surface area contributed by atoms with E-state index >= 15 is 0 Å². The number of rotatable bonds is 5. The predicted molar refractivity (Wildman–Crippen MR) is 71.3 cm³/mol. The van der Waals surface area contributed by atoms with Crippen molar-refractivity contribution < 1.29 is 4.74 Å². The second-order valence-electron chi connectivity index (χ2n) is 5.49. The van der Waals surface area contributed by atoms with E-state index in [0.717, 1.165) is 32.2 Å². The first-order valence-electron chi connectivity index (χ1n) is 7.46. The summed E-state index contributed by atoms with van der Waals surface area (Å²) in [5, 5.41) is 3.70. The Morgan fingerprint density at radius 3 is 2.82 bits per heavy atom. The molecule has 1 unspecified atom stereocenters. The van der Waals surface area contributed by atoms with Crippen LogP contribution in [-0.2, 0) is 4.74 Å². The summed E-state index contributed by atoms with van der Waals surface area (Å²) in [6, 6.07) is 0.806. The fourth-order valence-electron chi connectivity index (χ4n) is 2.98. The van der Waals surface area contributed by atoms with Crippen molar-refractivity contribution in [2.24, 2.45) is 0 Å². The minimum absolute atomic E-state index is 0.462. The molecule has 0 radical (unpaired) electrons. The van der Waals surface area contributed by atoms with Gasteiger partial charge in [0.15, 0.2) is 0 Å². The first-order valence-corrected chi connectivity index (χ1v) is 7.46. The molecule has 0 aromatic rings. The third-order valence-corrected chi connectivity index (χ3v) is 4.11. The van der Waals surface area contributed by atoms with Gasteiger partial charge in [0.05, 0.1) is 6.10 Å². The number of ether oxygens (including phenoxy) is 1. The molecule has 17 heavy (non-hydrogen) atoms. The molecule has 3 heteroatoms. The average Bonchev–Trinajstić information content (AvgIpc) is 2.74. The van der Waals surface area contributed by atoms with E-state index in [1.54, 1.807) is 0 Å². The van der Waals surface area contributed by atoms with Crippen LogP contribution in [0.15, 0.2) is 0 Å². The van der Waals surface area contributed by atoms with Crippen LogP contribution in [0.4, 0.5) is 0 Å². The van der Waals surface area contributed by atoms with Gasteiger partial charge in [-0.25, -0.2) is 0 Å². The quantitative estimate of drug-likeness (QED) is 0.795. The van der Waals surface area contributed by atoms with Crippen molar-refractivity contribution in [3.05, 3.63) is 0 Å². The molecule has 1 N–H and O–H groups in total. The molecule has 100 valence electrons. The van der Waals surface area contributed by atoms with E-state index in [-0.39, 0.29) is 0 Å². The fourth-order valence-corrected chi connectivity index (χ4v) is 2.98. The summed E-state index contributed by atoms with van der Waals surface area (Å²) in [5.41, 5.74) is 0. The van der Waals surface area contributed by atoms with E-state index in [1.165, 1.54) is 45.2 Å². The van der Waals surface area contributed by atoms with Gasteiger partial charge in [0.1, 0.15) is 0 Å². The van der Waals surface area contributed by atoms with Crippen LogP contribution in [0.3, 0.4) is 0 Å². The first-order chi connectivity index (χ1) is 8.38. The third-order valence-electron chi connectivity index (χ3n) is 4.11. The molecular formula is C14H28N2O. The summed E-state index contributed by atoms with van der Waals surface area (Å²) in [7, 11) is 0. The van der Waals surface area contributed by atoms with Crippen LogP contribution in [0.2, 0.25) is 0 Å². The Hall–Kier alpha value is -0.120. The van der Waals surface area contributed by atoms with Gasteiger partial charge in [-0.2, -0.15) is 0 Å². The van der Waals surface area contributed by atoms with Gasteiger partial charge in [0, 0.05) is 38.8 Å². The summed E-state index contributed by atoms with van der Waals surface area (Å²) in [5.74, 6) is 0. The van der Waals surface area contributed by atoms with E-state index in [4.69, 9.17) is 4.74 Å². The molecule has 2 fully saturated rings. The van der Waals surface area contributed by atoms with Gasteiger partial charge < -0.3 is 10.1 Å². The lowest BCUT2D eigenvalue weighted by molar-refractivity contribution is 0.0520. The molecule has 1 saturated heterocycles. The minimum Gasteiger partial charge on any atom is -0.377 e. The van der Waals surface area contributed by atoms with E-state index in [9.17, 15) is 0 Å². The van der Waals surface area contributed by atoms with Gasteiger partial charge in [-0.15, -0.1) is 0 Å². The van der Waals surface area contributed by atoms with Crippen LogP contribution in [-0.4, -0.2) is 49.8 Å². The maximum Gasteiger partial charge on any atom is 0.0699 e. The van der Waals surface area contributed by atoms with Gasteiger partial charge in [0.25, 0.3) is 0 Å². The molecule has 2 aliphatic rings. The van der Waals surface area contributed by atoms with E-state index < -0.39 is 0 Å². The minimum atomic E-state index is 0.462. The lowest BCUT2D eigenvalue weighted by Gasteiger charge is -2.24. The van der Waals surface area contributed by atoms with Crippen molar-refractivity contribution in [2.75, 3.05) is 32.8 Å². The lowest BCUT2D eigenvalue weighted by atomic mass is 10.2. The molecule has 2 rings (SSSR count). The Morgan fingerprint density at radius 1 is 1.24 bits per heavy atom. The van der Waals surface area contributed by atoms with Crippen molar-refractivity contribution in [1.29, 1.82) is 0 Å². The second kappa shape index (κ2) is 7.34. The van der Waals surface area contributed by atoms with E-state index in [1.807, 2.05) is 0 Å². The average molecular weight is 240 g/mol. The third kappa shape index (κ3) is 4.57. The van der Waals surface area contributed by atoms with Crippen molar-refractivity contribution in [3.63, 3.8) is 0 Å². The molecule has 1 aliphatic carbocycles. The number of nitrogens with one attached hydrogen (secondary N) is 1. The monoisotopic (exact) mass is 240 g/mol. The van der Waals surface area contributed by atoms with E-state index in [2.05, 4.69) is 17.1 Å². The van der Waals surface area contributed by atoms with Gasteiger partial charge in [-0.1, -0.05) is 19.8 Å². The summed E-state index contributed by atoms with van der Waals surface area (Å²) >= 11 is 0. The molecular weight excluding hydrogens is 212 g/mol. The molecule has 0 aromatic heterocycles. The maximum absolute atomic E-state index is 5.80. The van der Waals surface area contributed by atoms with E-state index in [0.29, 0.717) is 6.10 Å². The molecule has 1 saturated carbocycles. The van der Waals surface area contributed by atoms with Crippen LogP contribution in [0.25, 0.3) is 0 Å². The highest BCUT2D eigenvalue weighted by molar-refractivity contribution is 4.75. The molecule has 1 heterocycles. The smallest absolute Gasteiger partial charge is 0.0699 e. The van der Waals surface area contributed by atoms with Gasteiger partial charge >= 0.3 is 0 Å². The normalized spacial score (nSPS) is 28.4. The Morgan fingerprint density at radius 2 is 2.06 bits per heavy atom. The molecule has 1 atom stereocenters. The fraction of sp³-hybridized carbons (Fsp3) is 1.00. The van der Waals surface area contributed by atoms with Crippen LogP contribution >= 0.6 is 0 Å². The molecule has 0 spiro atoms. The summed E-state index contributed by atoms with van der Waals surface area (Å²) in [4.78, 5) is 2.57. The van der Waals surface area contributed by atoms with Crippen molar-refractivity contribution in [2.45, 2.75) is 57.6 Å². The molecule has 1 aliphatic heterocycles. The van der Waals surface area contributed by atoms with Crippen molar-refractivity contribution >= 4 is 0 Å². The molecule has 0 aromatic carbocycles. The van der Waals surface area contributed by atoms with Gasteiger partial charge in [-0.3, -0.25) is 4.90 Å². The van der Waals surface area contributed by atoms with Crippen LogP contribution in [0.1, 0.15) is 45.4 Å². The molecule has 0 amide bonds. The Kier molecular flexibility index (Phi) is 5.75. The zero-order valence-corrected chi connectivity index (χ0v) is 11.3. The highest BCUT2D eigenvalue weighted by atomic mass is 16.5. The zero-order valence-electron chi connectivity index (χ0n) is 11.3. The number of nitrogens with zero attached hydrogens (tertiary/aromatic N) is 1. The zero-order chi connectivity index (χ0) is 11.9. The lowest BCUT2D eigenvalue weighted by Crippen LogP contribution is -2.39. The Balaban J connectivity index is 1.62. The molecule has 0 bridgehead atoms. The maximum atomic E-state index is 5.80. The summed E-state index contributed by atoms with van der Waals surface area (Å²) in [6.07, 6.45) is 8.43. The summed E-state index contributed by atoms with van der Waals surface area (Å²) in [6.45, 7) is 7.86. The van der Waals surface area contributed by atoms with Gasteiger partial charge in [-0.05, 0) is 25.7 Å². The Labute approximate surface area is 106 Å². The Bertz CT molecular complexity index is 204. The number of hydrogen-bond donors (Lipinski definition) is 1. The summed E-state index contributed by atoms with van der Waals surface area (Å²) < 4.78 is 5.80. The number of hydrogen-bond acceptors (Lipinski definition) is 3. The first kappa shape index (κ1) is 13.3. The molecule has 3 nitrogen and oxygen atoms in total. The van der Waals surface area contributed by atoms with Crippen molar-refractivity contribution in [1.82, 2.24) is 10.2 Å². The van der Waals surface area contributed by atoms with Crippen LogP contribution < -0.4 is 5.32 Å². The van der Waals surface area contributed by atoms with Gasteiger partial charge in [0.2, 0.25) is 0 Å².